The van der Waals surface area contributed by atoms with Gasteiger partial charge in [-0.25, -0.2) is 0 Å². The van der Waals surface area contributed by atoms with E-state index >= 15 is 0 Å². The zero-order chi connectivity index (χ0) is 18.8. The van der Waals surface area contributed by atoms with Crippen LogP contribution in [0.15, 0.2) is 24.3 Å². The van der Waals surface area contributed by atoms with Gasteiger partial charge in [-0.1, -0.05) is 13.8 Å². The first-order chi connectivity index (χ1) is 11.8. The summed E-state index contributed by atoms with van der Waals surface area (Å²) in [6, 6.07) is 6.23. The molecule has 0 saturated heterocycles. The highest BCUT2D eigenvalue weighted by atomic mass is 35.5. The van der Waals surface area contributed by atoms with Crippen molar-refractivity contribution in [3.8, 4) is 5.75 Å². The Hall–Kier alpha value is -2.32. The Morgan fingerprint density at radius 2 is 1.62 bits per heavy atom. The van der Waals surface area contributed by atoms with E-state index in [2.05, 4.69) is 16.0 Å². The summed E-state index contributed by atoms with van der Waals surface area (Å²) in [5, 5.41) is 7.51. The molecule has 9 heteroatoms. The largest absolute Gasteiger partial charge is 0.494 e. The first kappa shape index (κ1) is 23.7. The maximum atomic E-state index is 11.8. The molecule has 3 amide bonds. The third-order valence-corrected chi connectivity index (χ3v) is 3.34. The van der Waals surface area contributed by atoms with Crippen LogP contribution >= 0.6 is 12.4 Å². The van der Waals surface area contributed by atoms with Crippen molar-refractivity contribution in [2.45, 2.75) is 26.8 Å². The second kappa shape index (κ2) is 12.1. The number of anilines is 1. The van der Waals surface area contributed by atoms with E-state index in [-0.39, 0.29) is 37.3 Å². The number of benzene rings is 1. The fourth-order valence-electron chi connectivity index (χ4n) is 1.84. The van der Waals surface area contributed by atoms with Gasteiger partial charge in [0.2, 0.25) is 17.7 Å². The lowest BCUT2D eigenvalue weighted by molar-refractivity contribution is -0.127. The Morgan fingerprint density at radius 1 is 1.04 bits per heavy atom. The maximum Gasteiger partial charge on any atom is 0.243 e. The van der Waals surface area contributed by atoms with Crippen molar-refractivity contribution in [2.75, 3.05) is 25.0 Å². The lowest BCUT2D eigenvalue weighted by atomic mass is 10.1. The summed E-state index contributed by atoms with van der Waals surface area (Å²) >= 11 is 0. The number of carbonyl (C=O) groups excluding carboxylic acids is 3. The summed E-state index contributed by atoms with van der Waals surface area (Å²) in [6.45, 7) is 5.66. The molecule has 0 aliphatic carbocycles. The van der Waals surface area contributed by atoms with E-state index in [9.17, 15) is 14.4 Å². The van der Waals surface area contributed by atoms with Gasteiger partial charge in [-0.3, -0.25) is 14.4 Å². The van der Waals surface area contributed by atoms with Crippen molar-refractivity contribution in [3.63, 3.8) is 0 Å². The monoisotopic (exact) mass is 386 g/mol. The summed E-state index contributed by atoms with van der Waals surface area (Å²) in [4.78, 5) is 35.1. The highest BCUT2D eigenvalue weighted by molar-refractivity contribution is 5.95. The van der Waals surface area contributed by atoms with Crippen molar-refractivity contribution in [2.24, 2.45) is 11.7 Å². The second-order valence-corrected chi connectivity index (χ2v) is 5.77. The zero-order valence-electron chi connectivity index (χ0n) is 15.2. The van der Waals surface area contributed by atoms with Crippen LogP contribution in [0, 0.1) is 5.92 Å². The van der Waals surface area contributed by atoms with Crippen molar-refractivity contribution < 1.29 is 19.1 Å². The van der Waals surface area contributed by atoms with Crippen molar-refractivity contribution >= 4 is 35.8 Å². The molecule has 0 unspecified atom stereocenters. The normalized spacial score (nSPS) is 11.1. The van der Waals surface area contributed by atoms with Gasteiger partial charge in [0, 0.05) is 5.69 Å². The van der Waals surface area contributed by atoms with Gasteiger partial charge in [0.25, 0.3) is 0 Å². The van der Waals surface area contributed by atoms with Crippen LogP contribution in [0.5, 0.6) is 5.75 Å². The van der Waals surface area contributed by atoms with E-state index < -0.39 is 17.9 Å². The third kappa shape index (κ3) is 8.68. The lowest BCUT2D eigenvalue weighted by Crippen LogP contribution is -2.47. The SMILES string of the molecule is CCOc1ccc(NC(=O)CNC(=O)CNC(=O)[C@@H](N)C(C)C)cc1.Cl. The number of hydrogen-bond donors (Lipinski definition) is 4. The van der Waals surface area contributed by atoms with Crippen LogP contribution in [-0.2, 0) is 14.4 Å². The molecule has 0 aliphatic rings. The highest BCUT2D eigenvalue weighted by Gasteiger charge is 2.17. The molecule has 5 N–H and O–H groups in total. The first-order valence-electron chi connectivity index (χ1n) is 8.16. The molecular formula is C17H27ClN4O4. The first-order valence-corrected chi connectivity index (χ1v) is 8.16. The standard InChI is InChI=1S/C17H26N4O4.ClH/c1-4-25-13-7-5-12(6-8-13)21-15(23)10-19-14(22)9-20-17(24)16(18)11(2)3;/h5-8,11,16H,4,9-10,18H2,1-3H3,(H,19,22)(H,20,24)(H,21,23);1H/t16-;/m0./s1. The van der Waals surface area contributed by atoms with Gasteiger partial charge in [0.15, 0.2) is 0 Å². The second-order valence-electron chi connectivity index (χ2n) is 5.77. The molecule has 0 radical (unpaired) electrons. The van der Waals surface area contributed by atoms with Crippen molar-refractivity contribution in [1.29, 1.82) is 0 Å². The number of rotatable bonds is 9. The Labute approximate surface area is 159 Å². The van der Waals surface area contributed by atoms with Crippen LogP contribution in [0.1, 0.15) is 20.8 Å². The van der Waals surface area contributed by atoms with Gasteiger partial charge in [-0.05, 0) is 37.1 Å². The van der Waals surface area contributed by atoms with Crippen LogP contribution in [0.2, 0.25) is 0 Å². The predicted molar refractivity (Wildman–Crippen MR) is 102 cm³/mol. The molecule has 0 spiro atoms. The molecule has 1 atom stereocenters. The molecule has 146 valence electrons. The molecule has 0 bridgehead atoms. The number of ether oxygens (including phenoxy) is 1. The predicted octanol–water partition coefficient (Wildman–Crippen LogP) is 0.661. The quantitative estimate of drug-likeness (QED) is 0.496. The third-order valence-electron chi connectivity index (χ3n) is 3.34. The Morgan fingerprint density at radius 3 is 2.15 bits per heavy atom. The molecule has 0 aliphatic heterocycles. The number of halogens is 1. The van der Waals surface area contributed by atoms with Gasteiger partial charge in [0.05, 0.1) is 25.7 Å². The number of amides is 3. The summed E-state index contributed by atoms with van der Waals surface area (Å²) in [5.41, 5.74) is 6.26. The minimum Gasteiger partial charge on any atom is -0.494 e. The fraction of sp³-hybridized carbons (Fsp3) is 0.471. The maximum absolute atomic E-state index is 11.8. The van der Waals surface area contributed by atoms with E-state index in [4.69, 9.17) is 10.5 Å². The summed E-state index contributed by atoms with van der Waals surface area (Å²) in [6.07, 6.45) is 0. The van der Waals surface area contributed by atoms with Crippen LogP contribution in [0.3, 0.4) is 0 Å². The van der Waals surface area contributed by atoms with Crippen molar-refractivity contribution in [3.05, 3.63) is 24.3 Å². The van der Waals surface area contributed by atoms with E-state index in [0.717, 1.165) is 0 Å². The summed E-state index contributed by atoms with van der Waals surface area (Å²) in [7, 11) is 0. The van der Waals surface area contributed by atoms with E-state index in [1.165, 1.54) is 0 Å². The molecule has 26 heavy (non-hydrogen) atoms. The van der Waals surface area contributed by atoms with Crippen LogP contribution in [0.25, 0.3) is 0 Å². The molecule has 1 aromatic rings. The number of nitrogens with one attached hydrogen (secondary N) is 3. The molecule has 1 rings (SSSR count). The van der Waals surface area contributed by atoms with Crippen LogP contribution in [-0.4, -0.2) is 43.5 Å². The smallest absolute Gasteiger partial charge is 0.243 e. The summed E-state index contributed by atoms with van der Waals surface area (Å²) < 4.78 is 5.31. The van der Waals surface area contributed by atoms with E-state index in [1.807, 2.05) is 20.8 Å². The topological polar surface area (TPSA) is 123 Å². The fourth-order valence-corrected chi connectivity index (χ4v) is 1.84. The number of hydrogen-bond acceptors (Lipinski definition) is 5. The van der Waals surface area contributed by atoms with E-state index in [0.29, 0.717) is 18.0 Å². The van der Waals surface area contributed by atoms with Gasteiger partial charge in [0.1, 0.15) is 5.75 Å². The molecule has 8 nitrogen and oxygen atoms in total. The molecule has 0 aromatic heterocycles. The Bertz CT molecular complexity index is 593. The molecule has 0 saturated carbocycles. The number of nitrogens with two attached hydrogens (primary N) is 1. The Balaban J connectivity index is 0.00000625. The van der Waals surface area contributed by atoms with Gasteiger partial charge >= 0.3 is 0 Å². The molecular weight excluding hydrogens is 360 g/mol. The molecule has 0 heterocycles. The number of carbonyl (C=O) groups is 3. The lowest BCUT2D eigenvalue weighted by Gasteiger charge is -2.15. The minimum atomic E-state index is -0.671. The van der Waals surface area contributed by atoms with Crippen molar-refractivity contribution in [1.82, 2.24) is 10.6 Å². The molecule has 1 aromatic carbocycles. The van der Waals surface area contributed by atoms with Crippen LogP contribution in [0.4, 0.5) is 5.69 Å². The van der Waals surface area contributed by atoms with E-state index in [1.54, 1.807) is 24.3 Å². The van der Waals surface area contributed by atoms with Gasteiger partial charge in [-0.15, -0.1) is 12.4 Å². The summed E-state index contributed by atoms with van der Waals surface area (Å²) in [5.74, 6) is -0.551. The Kier molecular flexibility index (Phi) is 11.0. The average Bonchev–Trinajstić information content (AvgIpc) is 2.59. The average molecular weight is 387 g/mol. The van der Waals surface area contributed by atoms with Gasteiger partial charge < -0.3 is 26.4 Å². The molecule has 0 fully saturated rings. The minimum absolute atomic E-state index is 0. The highest BCUT2D eigenvalue weighted by Crippen LogP contribution is 2.15. The zero-order valence-corrected chi connectivity index (χ0v) is 16.0. The van der Waals surface area contributed by atoms with Gasteiger partial charge in [-0.2, -0.15) is 0 Å². The van der Waals surface area contributed by atoms with Crippen LogP contribution < -0.4 is 26.4 Å².